The first-order valence-corrected chi connectivity index (χ1v) is 23.7. The minimum Gasteiger partial charge on any atom is -0.505 e. The van der Waals surface area contributed by atoms with Crippen LogP contribution in [0.1, 0.15) is 0 Å². The molecule has 0 aliphatic rings. The second-order valence-electron chi connectivity index (χ2n) is 10.9. The van der Waals surface area contributed by atoms with Crippen LogP contribution in [0.5, 0.6) is 5.75 Å². The molecule has 0 saturated heterocycles. The summed E-state index contributed by atoms with van der Waals surface area (Å²) in [5.74, 6) is -2.75. The van der Waals surface area contributed by atoms with Crippen molar-refractivity contribution in [3.05, 3.63) is 60.7 Å². The maximum Gasteiger partial charge on any atom is 0.399 e. The molecule has 0 fully saturated rings. The van der Waals surface area contributed by atoms with Crippen molar-refractivity contribution in [1.82, 2.24) is 0 Å². The minimum atomic E-state index is -5.28. The van der Waals surface area contributed by atoms with Gasteiger partial charge in [-0.3, -0.25) is 17.8 Å². The molecule has 0 saturated carbocycles. The standard InChI is InChI=1S/C27H27N5O19S6/c1-49-57(47,48)51-11-13-53(36,37)20-6-2-17(3-7-20)29-31-25-21(54(38,39)40)14-16-15-22(55(41,42)43)26(27(33)23(16)24(25)28)32-30-18-4-8-19(9-5-18)52(34,35)12-10-50-56(44,45)46/h2-9,14-15,33H,10-13,28H2,1H3,(H,38,39,40)(H,41,42,43)(H,44,45,46). The Morgan fingerprint density at radius 1 is 0.596 bits per heavy atom. The van der Waals surface area contributed by atoms with E-state index in [9.17, 15) is 64.7 Å². The molecule has 0 spiro atoms. The predicted octanol–water partition coefficient (Wildman–Crippen LogP) is 2.73. The number of nitrogen functional groups attached to an aromatic ring is 1. The van der Waals surface area contributed by atoms with Crippen molar-refractivity contribution in [3.63, 3.8) is 0 Å². The minimum absolute atomic E-state index is 0.126. The van der Waals surface area contributed by atoms with E-state index in [1.165, 1.54) is 0 Å². The summed E-state index contributed by atoms with van der Waals surface area (Å²) in [6, 6.07) is 9.64. The Balaban J connectivity index is 1.74. The van der Waals surface area contributed by atoms with E-state index in [1.807, 2.05) is 0 Å². The van der Waals surface area contributed by atoms with Gasteiger partial charge in [-0.1, -0.05) is 0 Å². The molecule has 57 heavy (non-hydrogen) atoms. The number of nitrogens with two attached hydrogens (primary N) is 1. The van der Waals surface area contributed by atoms with Gasteiger partial charge in [0.05, 0.1) is 64.1 Å². The highest BCUT2D eigenvalue weighted by Crippen LogP contribution is 2.48. The van der Waals surface area contributed by atoms with E-state index < -0.39 is 129 Å². The highest BCUT2D eigenvalue weighted by molar-refractivity contribution is 7.91. The third kappa shape index (κ3) is 11.5. The molecule has 0 bridgehead atoms. The Kier molecular flexibility index (Phi) is 13.2. The molecule has 0 atom stereocenters. The molecular formula is C27H27N5O19S6. The van der Waals surface area contributed by atoms with E-state index in [0.717, 1.165) is 55.6 Å². The number of aromatic hydroxyl groups is 1. The van der Waals surface area contributed by atoms with E-state index >= 15 is 0 Å². The largest absolute Gasteiger partial charge is 0.505 e. The number of rotatable bonds is 17. The zero-order chi connectivity index (χ0) is 42.8. The summed E-state index contributed by atoms with van der Waals surface area (Å²) in [6.07, 6.45) is 0. The van der Waals surface area contributed by atoms with Crippen molar-refractivity contribution >= 4 is 99.9 Å². The molecule has 0 amide bonds. The maximum absolute atomic E-state index is 12.6. The highest BCUT2D eigenvalue weighted by Gasteiger charge is 2.28. The Morgan fingerprint density at radius 3 is 1.40 bits per heavy atom. The number of hydrogen-bond acceptors (Lipinski definition) is 21. The van der Waals surface area contributed by atoms with Gasteiger partial charge in [-0.15, -0.1) is 10.2 Å². The first-order chi connectivity index (χ1) is 26.1. The molecule has 0 unspecified atom stereocenters. The van der Waals surface area contributed by atoms with Crippen LogP contribution in [0, 0.1) is 0 Å². The number of phenolic OH excluding ortho intramolecular Hbond substituents is 1. The van der Waals surface area contributed by atoms with Gasteiger partial charge >= 0.3 is 20.8 Å². The van der Waals surface area contributed by atoms with Crippen molar-refractivity contribution in [1.29, 1.82) is 0 Å². The van der Waals surface area contributed by atoms with Crippen LogP contribution in [0.4, 0.5) is 28.4 Å². The number of hydrogen-bond donors (Lipinski definition) is 5. The van der Waals surface area contributed by atoms with Gasteiger partial charge in [0.15, 0.2) is 25.4 Å². The number of fused-ring (bicyclic) bond motifs is 1. The van der Waals surface area contributed by atoms with E-state index in [-0.39, 0.29) is 21.2 Å². The first kappa shape index (κ1) is 45.1. The monoisotopic (exact) mass is 917 g/mol. The number of anilines is 1. The van der Waals surface area contributed by atoms with Crippen molar-refractivity contribution in [3.8, 4) is 5.75 Å². The van der Waals surface area contributed by atoms with Gasteiger partial charge in [0.25, 0.3) is 20.2 Å². The Morgan fingerprint density at radius 2 is 1.00 bits per heavy atom. The summed E-state index contributed by atoms with van der Waals surface area (Å²) in [5, 5.41) is 25.1. The second kappa shape index (κ2) is 16.7. The quantitative estimate of drug-likeness (QED) is 0.0577. The topological polar surface area (TPSA) is 389 Å². The van der Waals surface area contributed by atoms with Gasteiger partial charge in [-0.25, -0.2) is 25.2 Å². The number of nitrogens with zero attached hydrogens (tertiary/aromatic N) is 4. The average molecular weight is 918 g/mol. The Hall–Kier alpha value is -4.60. The molecule has 4 aromatic rings. The summed E-state index contributed by atoms with van der Waals surface area (Å²) in [4.78, 5) is -2.86. The lowest BCUT2D eigenvalue weighted by Gasteiger charge is -2.14. The average Bonchev–Trinajstić information content (AvgIpc) is 3.09. The molecular weight excluding hydrogens is 891 g/mol. The van der Waals surface area contributed by atoms with Gasteiger partial charge in [0.2, 0.25) is 0 Å². The van der Waals surface area contributed by atoms with Crippen LogP contribution < -0.4 is 5.73 Å². The fourth-order valence-electron chi connectivity index (χ4n) is 4.54. The van der Waals surface area contributed by atoms with Gasteiger partial charge in [0.1, 0.15) is 21.2 Å². The third-order valence-corrected chi connectivity index (χ3v) is 13.6. The van der Waals surface area contributed by atoms with E-state index in [2.05, 4.69) is 33.0 Å². The Bertz CT molecular complexity index is 2960. The molecule has 30 heteroatoms. The summed E-state index contributed by atoms with van der Waals surface area (Å²) in [5.41, 5.74) is 3.37. The molecule has 0 aliphatic heterocycles. The lowest BCUT2D eigenvalue weighted by molar-refractivity contribution is 0.255. The lowest BCUT2D eigenvalue weighted by Crippen LogP contribution is -2.16. The molecule has 310 valence electrons. The smallest absolute Gasteiger partial charge is 0.399 e. The summed E-state index contributed by atoms with van der Waals surface area (Å²) in [7, 11) is -27.3. The highest BCUT2D eigenvalue weighted by atomic mass is 32.3. The van der Waals surface area contributed by atoms with Crippen molar-refractivity contribution < 1.29 is 81.8 Å². The zero-order valence-electron chi connectivity index (χ0n) is 28.3. The molecule has 4 aromatic carbocycles. The van der Waals surface area contributed by atoms with Gasteiger partial charge in [-0.05, 0) is 66.0 Å². The lowest BCUT2D eigenvalue weighted by atomic mass is 10.1. The number of azo groups is 2. The second-order valence-corrected chi connectivity index (χ2v) is 20.4. The first-order valence-electron chi connectivity index (χ1n) is 14.8. The van der Waals surface area contributed by atoms with Crippen molar-refractivity contribution in [2.75, 3.05) is 37.6 Å². The molecule has 0 heterocycles. The van der Waals surface area contributed by atoms with E-state index in [0.29, 0.717) is 12.1 Å². The van der Waals surface area contributed by atoms with Crippen LogP contribution in [0.3, 0.4) is 0 Å². The van der Waals surface area contributed by atoms with Crippen LogP contribution in [0.25, 0.3) is 10.8 Å². The molecule has 6 N–H and O–H groups in total. The molecule has 0 aromatic heterocycles. The third-order valence-electron chi connectivity index (χ3n) is 7.16. The number of sulfone groups is 2. The molecule has 0 aliphatic carbocycles. The van der Waals surface area contributed by atoms with Gasteiger partial charge in [0, 0.05) is 0 Å². The molecule has 4 rings (SSSR count). The predicted molar refractivity (Wildman–Crippen MR) is 194 cm³/mol. The Labute approximate surface area is 324 Å². The van der Waals surface area contributed by atoms with Crippen LogP contribution in [-0.2, 0) is 73.3 Å². The van der Waals surface area contributed by atoms with Crippen LogP contribution in [0.15, 0.2) is 101 Å². The van der Waals surface area contributed by atoms with Crippen molar-refractivity contribution in [2.45, 2.75) is 19.6 Å². The van der Waals surface area contributed by atoms with Gasteiger partial charge < -0.3 is 10.8 Å². The molecule has 0 radical (unpaired) electrons. The number of benzene rings is 4. The van der Waals surface area contributed by atoms with Crippen LogP contribution in [0.2, 0.25) is 0 Å². The van der Waals surface area contributed by atoms with Crippen molar-refractivity contribution in [2.24, 2.45) is 20.5 Å². The summed E-state index contributed by atoms with van der Waals surface area (Å²) in [6.45, 7) is -1.69. The maximum atomic E-state index is 12.6. The summed E-state index contributed by atoms with van der Waals surface area (Å²) >= 11 is 0. The normalized spacial score (nSPS) is 13.5. The van der Waals surface area contributed by atoms with E-state index in [1.54, 1.807) is 0 Å². The van der Waals surface area contributed by atoms with Crippen LogP contribution in [-0.4, -0.2) is 101 Å². The van der Waals surface area contributed by atoms with Crippen LogP contribution >= 0.6 is 0 Å². The molecule has 24 nitrogen and oxygen atoms in total. The van der Waals surface area contributed by atoms with Gasteiger partial charge in [-0.2, -0.15) is 43.9 Å². The fraction of sp³-hybridized carbons (Fsp3) is 0.185. The zero-order valence-corrected chi connectivity index (χ0v) is 33.2. The SMILES string of the molecule is COS(=O)(=O)OCCS(=O)(=O)c1ccc(N=Nc2c(S(=O)(=O)O)cc3cc(S(=O)(=O)O)c(N=Nc4ccc(S(=O)(=O)CCOS(=O)(=O)O)cc4)c(O)c3c2N)cc1. The number of phenols is 1. The fourth-order valence-corrected chi connectivity index (χ4v) is 8.93. The summed E-state index contributed by atoms with van der Waals surface area (Å²) < 4.78 is 184. The van der Waals surface area contributed by atoms with E-state index in [4.69, 9.17) is 10.3 Å².